The molecule has 0 bridgehead atoms. The summed E-state index contributed by atoms with van der Waals surface area (Å²) in [7, 11) is 1.62. The van der Waals surface area contributed by atoms with Crippen molar-refractivity contribution in [3.63, 3.8) is 0 Å². The fraction of sp³-hybridized carbons (Fsp3) is 0.0588. The number of benzene rings is 1. The van der Waals surface area contributed by atoms with Crippen LogP contribution in [0.4, 0.5) is 10.9 Å². The van der Waals surface area contributed by atoms with E-state index in [4.69, 9.17) is 9.15 Å². The summed E-state index contributed by atoms with van der Waals surface area (Å²) in [6.07, 6.45) is 1.66. The van der Waals surface area contributed by atoms with Gasteiger partial charge in [0.1, 0.15) is 22.8 Å². The first kappa shape index (κ1) is 13.8. The molecule has 0 aliphatic heterocycles. The molecule has 3 aromatic heterocycles. The number of hydrogen-bond acceptors (Lipinski definition) is 6. The van der Waals surface area contributed by atoms with Gasteiger partial charge in [-0.05, 0) is 24.3 Å². The van der Waals surface area contributed by atoms with Gasteiger partial charge in [-0.3, -0.25) is 0 Å². The van der Waals surface area contributed by atoms with E-state index < -0.39 is 0 Å². The van der Waals surface area contributed by atoms with Gasteiger partial charge >= 0.3 is 0 Å². The molecule has 1 aromatic carbocycles. The van der Waals surface area contributed by atoms with E-state index >= 15 is 0 Å². The van der Waals surface area contributed by atoms with Crippen LogP contribution in [-0.2, 0) is 0 Å². The number of ether oxygens (including phenoxy) is 1. The van der Waals surface area contributed by atoms with Gasteiger partial charge in [0.25, 0.3) is 0 Å². The minimum Gasteiger partial charge on any atom is -0.495 e. The van der Waals surface area contributed by atoms with Gasteiger partial charge in [-0.2, -0.15) is 0 Å². The molecule has 0 fully saturated rings. The normalized spacial score (nSPS) is 10.8. The highest BCUT2D eigenvalue weighted by Crippen LogP contribution is 2.31. The van der Waals surface area contributed by atoms with E-state index in [0.29, 0.717) is 0 Å². The highest BCUT2D eigenvalue weighted by Gasteiger charge is 2.10. The Morgan fingerprint density at radius 2 is 2.09 bits per heavy atom. The monoisotopic (exact) mass is 323 g/mol. The molecular weight excluding hydrogens is 310 g/mol. The highest BCUT2D eigenvalue weighted by atomic mass is 32.1. The number of thiazole rings is 1. The van der Waals surface area contributed by atoms with Gasteiger partial charge in [0.2, 0.25) is 0 Å². The van der Waals surface area contributed by atoms with Crippen molar-refractivity contribution in [2.45, 2.75) is 0 Å². The summed E-state index contributed by atoms with van der Waals surface area (Å²) in [6.45, 7) is 0. The van der Waals surface area contributed by atoms with Gasteiger partial charge in [-0.15, -0.1) is 11.3 Å². The van der Waals surface area contributed by atoms with Crippen LogP contribution >= 0.6 is 11.3 Å². The van der Waals surface area contributed by atoms with Crippen molar-refractivity contribution in [3.05, 3.63) is 54.0 Å². The van der Waals surface area contributed by atoms with Crippen LogP contribution in [0.3, 0.4) is 0 Å². The van der Waals surface area contributed by atoms with Crippen molar-refractivity contribution in [1.29, 1.82) is 0 Å². The molecule has 6 heteroatoms. The minimum atomic E-state index is 0.719. The number of rotatable bonds is 4. The van der Waals surface area contributed by atoms with Crippen molar-refractivity contribution in [2.75, 3.05) is 12.4 Å². The smallest absolute Gasteiger partial charge is 0.188 e. The Bertz CT molecular complexity index is 911. The number of anilines is 2. The molecule has 5 nitrogen and oxygen atoms in total. The Hall–Kier alpha value is -2.86. The third-order valence-electron chi connectivity index (χ3n) is 3.39. The van der Waals surface area contributed by atoms with Crippen LogP contribution in [0.25, 0.3) is 22.4 Å². The molecule has 4 aromatic rings. The second-order valence-corrected chi connectivity index (χ2v) is 5.75. The number of fused-ring (bicyclic) bond motifs is 1. The van der Waals surface area contributed by atoms with E-state index in [1.165, 1.54) is 11.3 Å². The maximum atomic E-state index is 5.83. The summed E-state index contributed by atoms with van der Waals surface area (Å²) in [5, 5.41) is 6.97. The molecule has 0 spiro atoms. The lowest BCUT2D eigenvalue weighted by atomic mass is 10.2. The molecule has 1 N–H and O–H groups in total. The zero-order chi connectivity index (χ0) is 15.6. The molecule has 0 unspecified atom stereocenters. The van der Waals surface area contributed by atoms with E-state index in [1.54, 1.807) is 13.3 Å². The average molecular weight is 323 g/mol. The number of para-hydroxylation sites is 1. The molecule has 0 amide bonds. The number of aromatic nitrogens is 2. The summed E-state index contributed by atoms with van der Waals surface area (Å²) in [5.41, 5.74) is 1.67. The van der Waals surface area contributed by atoms with Crippen molar-refractivity contribution >= 4 is 33.3 Å². The lowest BCUT2D eigenvalue weighted by Gasteiger charge is -2.02. The molecule has 0 aliphatic carbocycles. The molecule has 0 saturated carbocycles. The summed E-state index contributed by atoms with van der Waals surface area (Å²) >= 11 is 1.51. The summed E-state index contributed by atoms with van der Waals surface area (Å²) in [4.78, 5) is 8.82. The molecule has 4 rings (SSSR count). The number of hydrogen-bond donors (Lipinski definition) is 1. The zero-order valence-corrected chi connectivity index (χ0v) is 13.1. The molecule has 0 saturated heterocycles. The average Bonchev–Trinajstić information content (AvgIpc) is 3.21. The fourth-order valence-electron chi connectivity index (χ4n) is 2.24. The van der Waals surface area contributed by atoms with Gasteiger partial charge < -0.3 is 14.5 Å². The van der Waals surface area contributed by atoms with Crippen LogP contribution in [0.15, 0.2) is 58.5 Å². The maximum Gasteiger partial charge on any atom is 0.188 e. The van der Waals surface area contributed by atoms with Crippen molar-refractivity contribution in [2.24, 2.45) is 0 Å². The quantitative estimate of drug-likeness (QED) is 0.589. The SMILES string of the molecule is COc1ccc(Nc2nc(-c3cc4ccccc4o3)cs2)nc1. The van der Waals surface area contributed by atoms with Crippen LogP contribution in [0.5, 0.6) is 5.75 Å². The van der Waals surface area contributed by atoms with Gasteiger partial charge in [-0.25, -0.2) is 9.97 Å². The Morgan fingerprint density at radius 1 is 1.17 bits per heavy atom. The fourth-order valence-corrected chi connectivity index (χ4v) is 2.94. The highest BCUT2D eigenvalue weighted by molar-refractivity contribution is 7.14. The van der Waals surface area contributed by atoms with Crippen LogP contribution in [0.2, 0.25) is 0 Å². The zero-order valence-electron chi connectivity index (χ0n) is 12.3. The maximum absolute atomic E-state index is 5.83. The van der Waals surface area contributed by atoms with Crippen LogP contribution < -0.4 is 10.1 Å². The van der Waals surface area contributed by atoms with Gasteiger partial charge in [-0.1, -0.05) is 18.2 Å². The number of nitrogens with zero attached hydrogens (tertiary/aromatic N) is 2. The Morgan fingerprint density at radius 3 is 2.87 bits per heavy atom. The number of furan rings is 1. The molecule has 3 heterocycles. The predicted molar refractivity (Wildman–Crippen MR) is 91.4 cm³/mol. The molecule has 0 atom stereocenters. The summed E-state index contributed by atoms with van der Waals surface area (Å²) < 4.78 is 10.9. The lowest BCUT2D eigenvalue weighted by Crippen LogP contribution is -1.93. The van der Waals surface area contributed by atoms with Gasteiger partial charge in [0.05, 0.1) is 13.3 Å². The molecule has 114 valence electrons. The second kappa shape index (κ2) is 5.73. The molecule has 0 aliphatic rings. The number of nitrogens with one attached hydrogen (secondary N) is 1. The standard InChI is InChI=1S/C17H13N3O2S/c1-21-12-6-7-16(18-9-12)20-17-19-13(10-23-17)15-8-11-4-2-3-5-14(11)22-15/h2-10H,1H3,(H,18,19,20). The van der Waals surface area contributed by atoms with E-state index in [2.05, 4.69) is 15.3 Å². The van der Waals surface area contributed by atoms with E-state index in [0.717, 1.165) is 39.1 Å². The Labute approximate surface area is 136 Å². The van der Waals surface area contributed by atoms with Crippen LogP contribution in [0.1, 0.15) is 0 Å². The van der Waals surface area contributed by atoms with Crippen molar-refractivity contribution in [1.82, 2.24) is 9.97 Å². The first-order valence-corrected chi connectivity index (χ1v) is 7.91. The van der Waals surface area contributed by atoms with Gasteiger partial charge in [0.15, 0.2) is 10.9 Å². The van der Waals surface area contributed by atoms with Gasteiger partial charge in [0, 0.05) is 10.8 Å². The van der Waals surface area contributed by atoms with Crippen LogP contribution in [0, 0.1) is 0 Å². The third kappa shape index (κ3) is 2.76. The minimum absolute atomic E-state index is 0.719. The summed E-state index contributed by atoms with van der Waals surface area (Å²) in [6, 6.07) is 13.6. The number of methoxy groups -OCH3 is 1. The first-order chi connectivity index (χ1) is 11.3. The second-order valence-electron chi connectivity index (χ2n) is 4.89. The van der Waals surface area contributed by atoms with Crippen molar-refractivity contribution in [3.8, 4) is 17.2 Å². The Balaban J connectivity index is 1.58. The van der Waals surface area contributed by atoms with Crippen LogP contribution in [-0.4, -0.2) is 17.1 Å². The summed E-state index contributed by atoms with van der Waals surface area (Å²) in [5.74, 6) is 2.20. The third-order valence-corrected chi connectivity index (χ3v) is 4.15. The van der Waals surface area contributed by atoms with Crippen molar-refractivity contribution < 1.29 is 9.15 Å². The first-order valence-electron chi connectivity index (χ1n) is 7.03. The van der Waals surface area contributed by atoms with E-state index in [-0.39, 0.29) is 0 Å². The largest absolute Gasteiger partial charge is 0.495 e. The van der Waals surface area contributed by atoms with E-state index in [9.17, 15) is 0 Å². The number of pyridine rings is 1. The molecule has 0 radical (unpaired) electrons. The topological polar surface area (TPSA) is 60.2 Å². The van der Waals surface area contributed by atoms with E-state index in [1.807, 2.05) is 47.8 Å². The Kier molecular flexibility index (Phi) is 3.44. The molecule has 23 heavy (non-hydrogen) atoms. The predicted octanol–water partition coefficient (Wildman–Crippen LogP) is 4.70. The molecular formula is C17H13N3O2S. The lowest BCUT2D eigenvalue weighted by molar-refractivity contribution is 0.413.